The summed E-state index contributed by atoms with van der Waals surface area (Å²) in [7, 11) is 0. The zero-order valence-corrected chi connectivity index (χ0v) is 7.62. The average Bonchev–Trinajstić information content (AvgIpc) is 2.07. The van der Waals surface area contributed by atoms with Crippen LogP contribution in [0.3, 0.4) is 0 Å². The van der Waals surface area contributed by atoms with Gasteiger partial charge in [0, 0.05) is 11.3 Å². The number of nitrogens with zero attached hydrogens (tertiary/aromatic N) is 1. The van der Waals surface area contributed by atoms with Gasteiger partial charge in [0.2, 0.25) is 0 Å². The molecule has 0 aromatic heterocycles. The first-order valence-corrected chi connectivity index (χ1v) is 4.74. The molecule has 0 spiro atoms. The molecule has 1 aromatic rings. The number of benzene rings is 1. The first kappa shape index (κ1) is 10.7. The summed E-state index contributed by atoms with van der Waals surface area (Å²) >= 11 is -2.43. The van der Waals surface area contributed by atoms with E-state index in [9.17, 15) is 23.3 Å². The molecular formula is C7H5FNO4S-. The second kappa shape index (κ2) is 4.25. The highest BCUT2D eigenvalue weighted by molar-refractivity contribution is 7.78. The van der Waals surface area contributed by atoms with Crippen molar-refractivity contribution < 1.29 is 18.1 Å². The molecule has 1 atom stereocenters. The molecule has 5 nitrogen and oxygen atoms in total. The zero-order valence-electron chi connectivity index (χ0n) is 6.81. The number of halogens is 1. The van der Waals surface area contributed by atoms with E-state index in [-0.39, 0.29) is 5.56 Å². The quantitative estimate of drug-likeness (QED) is 0.432. The topological polar surface area (TPSA) is 83.3 Å². The predicted octanol–water partition coefficient (Wildman–Crippen LogP) is 1.11. The minimum atomic E-state index is -2.43. The minimum Gasteiger partial charge on any atom is -0.772 e. The zero-order chi connectivity index (χ0) is 10.7. The van der Waals surface area contributed by atoms with Crippen LogP contribution < -0.4 is 0 Å². The molecule has 0 saturated heterocycles. The Kier molecular flexibility index (Phi) is 3.26. The third-order valence-electron chi connectivity index (χ3n) is 1.52. The summed E-state index contributed by atoms with van der Waals surface area (Å²) in [5.41, 5.74) is -0.543. The summed E-state index contributed by atoms with van der Waals surface area (Å²) in [5, 5.41) is 10.4. The summed E-state index contributed by atoms with van der Waals surface area (Å²) in [6, 6.07) is 2.76. The van der Waals surface area contributed by atoms with Gasteiger partial charge >= 0.3 is 0 Å². The van der Waals surface area contributed by atoms with Crippen molar-refractivity contribution in [1.29, 1.82) is 0 Å². The van der Waals surface area contributed by atoms with Gasteiger partial charge in [0.05, 0.1) is 11.0 Å². The van der Waals surface area contributed by atoms with Crippen molar-refractivity contribution in [3.8, 4) is 0 Å². The van der Waals surface area contributed by atoms with Gasteiger partial charge in [0.1, 0.15) is 5.82 Å². The Morgan fingerprint density at radius 2 is 2.14 bits per heavy atom. The van der Waals surface area contributed by atoms with Gasteiger partial charge in [-0.15, -0.1) is 0 Å². The first-order valence-electron chi connectivity index (χ1n) is 3.49. The summed E-state index contributed by atoms with van der Waals surface area (Å²) < 4.78 is 33.2. The van der Waals surface area contributed by atoms with E-state index in [2.05, 4.69) is 0 Å². The van der Waals surface area contributed by atoms with E-state index in [1.165, 1.54) is 0 Å². The molecule has 0 amide bonds. The largest absolute Gasteiger partial charge is 0.772 e. The fourth-order valence-corrected chi connectivity index (χ4v) is 1.45. The third kappa shape index (κ3) is 2.57. The number of nitro groups is 1. The van der Waals surface area contributed by atoms with Crippen LogP contribution >= 0.6 is 0 Å². The second-order valence-corrected chi connectivity index (χ2v) is 3.37. The molecule has 14 heavy (non-hydrogen) atoms. The van der Waals surface area contributed by atoms with E-state index in [1.54, 1.807) is 0 Å². The monoisotopic (exact) mass is 218 g/mol. The van der Waals surface area contributed by atoms with Gasteiger partial charge in [-0.2, -0.15) is 0 Å². The SMILES string of the molecule is O=[N+]([O-])c1cc(F)ccc1CS(=O)[O-]. The van der Waals surface area contributed by atoms with Gasteiger partial charge in [-0.05, 0) is 12.1 Å². The summed E-state index contributed by atoms with van der Waals surface area (Å²) in [4.78, 5) is 9.58. The van der Waals surface area contributed by atoms with E-state index in [0.29, 0.717) is 6.07 Å². The van der Waals surface area contributed by atoms with Gasteiger partial charge < -0.3 is 4.55 Å². The van der Waals surface area contributed by atoms with Crippen LogP contribution in [0.5, 0.6) is 0 Å². The summed E-state index contributed by atoms with van der Waals surface area (Å²) in [6.45, 7) is 0. The van der Waals surface area contributed by atoms with Crippen LogP contribution in [0.1, 0.15) is 5.56 Å². The van der Waals surface area contributed by atoms with Crippen molar-refractivity contribution >= 4 is 16.8 Å². The molecule has 7 heteroatoms. The molecule has 0 saturated carbocycles. The van der Waals surface area contributed by atoms with Gasteiger partial charge in [-0.3, -0.25) is 14.3 Å². The molecule has 1 aromatic carbocycles. The summed E-state index contributed by atoms with van der Waals surface area (Å²) in [5.74, 6) is -1.26. The van der Waals surface area contributed by atoms with Crippen molar-refractivity contribution in [3.05, 3.63) is 39.7 Å². The maximum absolute atomic E-state index is 12.6. The number of nitro benzene ring substituents is 1. The number of hydrogen-bond donors (Lipinski definition) is 0. The molecule has 0 aliphatic carbocycles. The minimum absolute atomic E-state index is 0.0234. The van der Waals surface area contributed by atoms with E-state index in [4.69, 9.17) is 0 Å². The van der Waals surface area contributed by atoms with Crippen LogP contribution in [0, 0.1) is 15.9 Å². The Hall–Kier alpha value is -1.34. The fourth-order valence-electron chi connectivity index (χ4n) is 0.956. The van der Waals surface area contributed by atoms with Gasteiger partial charge in [-0.25, -0.2) is 4.39 Å². The standard InChI is InChI=1S/C7H6FNO4S/c8-6-2-1-5(4-14(12)13)7(3-6)9(10)11/h1-3H,4H2,(H,12,13)/p-1. The third-order valence-corrected chi connectivity index (χ3v) is 2.06. The van der Waals surface area contributed by atoms with Crippen LogP contribution in [-0.2, 0) is 16.8 Å². The smallest absolute Gasteiger partial charge is 0.276 e. The molecule has 0 radical (unpaired) electrons. The second-order valence-electron chi connectivity index (χ2n) is 2.48. The molecule has 0 fully saturated rings. The Balaban J connectivity index is 3.14. The van der Waals surface area contributed by atoms with E-state index in [1.807, 2.05) is 0 Å². The van der Waals surface area contributed by atoms with Crippen LogP contribution in [0.25, 0.3) is 0 Å². The molecule has 0 bridgehead atoms. The Morgan fingerprint density at radius 3 is 2.64 bits per heavy atom. The van der Waals surface area contributed by atoms with E-state index >= 15 is 0 Å². The molecule has 0 N–H and O–H groups in total. The molecule has 1 unspecified atom stereocenters. The van der Waals surface area contributed by atoms with Crippen LogP contribution in [0.2, 0.25) is 0 Å². The maximum Gasteiger partial charge on any atom is 0.276 e. The van der Waals surface area contributed by atoms with Crippen molar-refractivity contribution in [1.82, 2.24) is 0 Å². The highest BCUT2D eigenvalue weighted by Gasteiger charge is 2.14. The molecule has 1 rings (SSSR count). The van der Waals surface area contributed by atoms with Crippen molar-refractivity contribution in [2.45, 2.75) is 5.75 Å². The van der Waals surface area contributed by atoms with Crippen molar-refractivity contribution in [2.75, 3.05) is 0 Å². The Labute approximate surface area is 81.0 Å². The van der Waals surface area contributed by atoms with E-state index < -0.39 is 33.3 Å². The lowest BCUT2D eigenvalue weighted by atomic mass is 10.2. The lowest BCUT2D eigenvalue weighted by Gasteiger charge is -2.05. The highest BCUT2D eigenvalue weighted by atomic mass is 32.2. The lowest BCUT2D eigenvalue weighted by molar-refractivity contribution is -0.385. The molecule has 0 aliphatic rings. The van der Waals surface area contributed by atoms with Gasteiger partial charge in [0.15, 0.2) is 0 Å². The average molecular weight is 218 g/mol. The lowest BCUT2D eigenvalue weighted by Crippen LogP contribution is -2.00. The maximum atomic E-state index is 12.6. The van der Waals surface area contributed by atoms with Crippen molar-refractivity contribution in [3.63, 3.8) is 0 Å². The van der Waals surface area contributed by atoms with Gasteiger partial charge in [0.25, 0.3) is 5.69 Å². The summed E-state index contributed by atoms with van der Waals surface area (Å²) in [6.07, 6.45) is 0. The molecule has 76 valence electrons. The normalized spacial score (nSPS) is 12.4. The number of hydrogen-bond acceptors (Lipinski definition) is 4. The number of rotatable bonds is 3. The first-order chi connectivity index (χ1) is 6.50. The Morgan fingerprint density at radius 1 is 1.50 bits per heavy atom. The fraction of sp³-hybridized carbons (Fsp3) is 0.143. The molecule has 0 heterocycles. The highest BCUT2D eigenvalue weighted by Crippen LogP contribution is 2.20. The molecular weight excluding hydrogens is 213 g/mol. The van der Waals surface area contributed by atoms with Crippen LogP contribution in [0.15, 0.2) is 18.2 Å². The van der Waals surface area contributed by atoms with Gasteiger partial charge in [-0.1, -0.05) is 11.1 Å². The van der Waals surface area contributed by atoms with Crippen LogP contribution in [0.4, 0.5) is 10.1 Å². The van der Waals surface area contributed by atoms with E-state index in [0.717, 1.165) is 12.1 Å². The predicted molar refractivity (Wildman–Crippen MR) is 45.7 cm³/mol. The van der Waals surface area contributed by atoms with Crippen molar-refractivity contribution in [2.24, 2.45) is 0 Å². The Bertz CT molecular complexity index is 395. The van der Waals surface area contributed by atoms with Crippen LogP contribution in [-0.4, -0.2) is 13.7 Å². The molecule has 0 aliphatic heterocycles.